The zero-order chi connectivity index (χ0) is 37.3. The van der Waals surface area contributed by atoms with E-state index in [1.807, 2.05) is 108 Å². The Morgan fingerprint density at radius 2 is 1.88 bits per heavy atom. The highest BCUT2D eigenvalue weighted by Crippen LogP contribution is 2.40. The van der Waals surface area contributed by atoms with E-state index < -0.39 is 17.2 Å². The van der Waals surface area contributed by atoms with Crippen molar-refractivity contribution in [3.8, 4) is 0 Å². The smallest absolute Gasteiger partial charge is 0.410 e. The summed E-state index contributed by atoms with van der Waals surface area (Å²) in [7, 11) is 3.79. The molecule has 50 heavy (non-hydrogen) atoms. The highest BCUT2D eigenvalue weighted by Gasteiger charge is 2.43. The number of hydrogen-bond donors (Lipinski definition) is 1. The highest BCUT2D eigenvalue weighted by molar-refractivity contribution is 6.30. The first kappa shape index (κ1) is 42.3. The molecule has 10 heteroatoms. The fourth-order valence-corrected chi connectivity index (χ4v) is 5.30. The van der Waals surface area contributed by atoms with Gasteiger partial charge >= 0.3 is 12.2 Å². The van der Waals surface area contributed by atoms with Gasteiger partial charge in [-0.1, -0.05) is 64.9 Å². The fraction of sp³-hybridized carbons (Fsp3) is 0.550. The van der Waals surface area contributed by atoms with Gasteiger partial charge < -0.3 is 24.6 Å². The maximum Gasteiger partial charge on any atom is 0.410 e. The van der Waals surface area contributed by atoms with Gasteiger partial charge in [0.1, 0.15) is 11.7 Å². The normalized spacial score (nSPS) is 17.0. The Morgan fingerprint density at radius 3 is 2.44 bits per heavy atom. The monoisotopic (exact) mass is 709 g/mol. The SMILES string of the molecule is C=C(c1cc(Cl)ccc1Cc1ccccn1)[C@](/C=C/N=CN(C)C)(CC)NC(=O)OC1(C)CC1.CC.CCC(C)OC(=O)N1CCC(C)CC1. The molecule has 2 atom stereocenters. The van der Waals surface area contributed by atoms with Gasteiger partial charge in [0.2, 0.25) is 0 Å². The van der Waals surface area contributed by atoms with Crippen LogP contribution in [0.15, 0.2) is 66.4 Å². The first-order valence-electron chi connectivity index (χ1n) is 18.0. The molecule has 1 saturated heterocycles. The van der Waals surface area contributed by atoms with E-state index in [9.17, 15) is 9.59 Å². The number of amides is 2. The number of nitrogens with zero attached hydrogens (tertiary/aromatic N) is 4. The minimum atomic E-state index is -0.921. The first-order chi connectivity index (χ1) is 23.8. The maximum absolute atomic E-state index is 12.9. The second-order valence-corrected chi connectivity index (χ2v) is 13.8. The third-order valence-electron chi connectivity index (χ3n) is 8.87. The molecule has 1 aliphatic heterocycles. The Balaban J connectivity index is 0.000000452. The van der Waals surface area contributed by atoms with Gasteiger partial charge in [-0.05, 0) is 105 Å². The molecule has 4 rings (SSSR count). The molecule has 2 amide bonds. The predicted octanol–water partition coefficient (Wildman–Crippen LogP) is 9.55. The van der Waals surface area contributed by atoms with Crippen LogP contribution < -0.4 is 5.32 Å². The van der Waals surface area contributed by atoms with Crippen molar-refractivity contribution in [2.75, 3.05) is 27.2 Å². The molecule has 1 N–H and O–H groups in total. The Kier molecular flexibility index (Phi) is 17.5. The third kappa shape index (κ3) is 13.8. The van der Waals surface area contributed by atoms with Gasteiger partial charge in [0.25, 0.3) is 0 Å². The molecule has 0 bridgehead atoms. The van der Waals surface area contributed by atoms with Crippen molar-refractivity contribution in [3.05, 3.63) is 83.3 Å². The zero-order valence-electron chi connectivity index (χ0n) is 31.8. The standard InChI is InChI=1S/C27H33ClN4O2.C11H21NO2.C2H6/c1-6-27(14-16-29-19-32(4)5,31-25(33)34-26(3)12-13-26)20(2)24-18-22(28)11-10-21(24)17-23-9-7-8-15-30-23;1-4-10(3)14-11(13)12-7-5-9(2)6-8-12;1-2/h7-11,14-16,18-19H,2,6,12-13,17H2,1,3-5H3,(H,31,33);9-10H,4-8H2,1-3H3;1-2H3/b16-14+,29-19?;;/t27-;;/m1../s1. The van der Waals surface area contributed by atoms with Gasteiger partial charge in [-0.2, -0.15) is 0 Å². The first-order valence-corrected chi connectivity index (χ1v) is 18.4. The number of alkyl carbamates (subject to hydrolysis) is 1. The van der Waals surface area contributed by atoms with E-state index >= 15 is 0 Å². The number of benzene rings is 1. The molecule has 2 aromatic rings. The van der Waals surface area contributed by atoms with E-state index in [-0.39, 0.29) is 12.2 Å². The van der Waals surface area contributed by atoms with Crippen molar-refractivity contribution in [2.45, 2.75) is 111 Å². The number of piperidine rings is 1. The molecule has 2 heterocycles. The lowest BCUT2D eigenvalue weighted by Crippen LogP contribution is -2.48. The highest BCUT2D eigenvalue weighted by atomic mass is 35.5. The molecule has 2 aliphatic rings. The summed E-state index contributed by atoms with van der Waals surface area (Å²) < 4.78 is 10.9. The molecular weight excluding hydrogens is 650 g/mol. The van der Waals surface area contributed by atoms with E-state index in [0.717, 1.165) is 67.9 Å². The average Bonchev–Trinajstić information content (AvgIpc) is 3.83. The number of aromatic nitrogens is 1. The molecule has 276 valence electrons. The Hall–Kier alpha value is -3.85. The van der Waals surface area contributed by atoms with E-state index in [0.29, 0.717) is 23.4 Å². The molecular formula is C40H60ClN5O4. The summed E-state index contributed by atoms with van der Waals surface area (Å²) in [6, 6.07) is 11.6. The van der Waals surface area contributed by atoms with Crippen LogP contribution in [-0.2, 0) is 15.9 Å². The van der Waals surface area contributed by atoms with Crippen LogP contribution in [0.25, 0.3) is 5.57 Å². The summed E-state index contributed by atoms with van der Waals surface area (Å²) in [4.78, 5) is 36.9. The Labute approximate surface area is 306 Å². The summed E-state index contributed by atoms with van der Waals surface area (Å²) in [6.07, 6.45) is 12.4. The zero-order valence-corrected chi connectivity index (χ0v) is 32.6. The minimum absolute atomic E-state index is 0.0434. The second kappa shape index (κ2) is 20.7. The average molecular weight is 710 g/mol. The third-order valence-corrected chi connectivity index (χ3v) is 9.11. The molecule has 2 fully saturated rings. The van der Waals surface area contributed by atoms with Crippen LogP contribution in [0.3, 0.4) is 0 Å². The number of hydrogen-bond acceptors (Lipinski definition) is 6. The van der Waals surface area contributed by atoms with Crippen LogP contribution in [0, 0.1) is 5.92 Å². The quantitative estimate of drug-likeness (QED) is 0.174. The van der Waals surface area contributed by atoms with Crippen molar-refractivity contribution in [1.29, 1.82) is 0 Å². The summed E-state index contributed by atoms with van der Waals surface area (Å²) in [5, 5.41) is 3.67. The molecule has 1 aliphatic carbocycles. The maximum atomic E-state index is 12.9. The number of carbonyl (C=O) groups is 2. The lowest BCUT2D eigenvalue weighted by molar-refractivity contribution is 0.0590. The Morgan fingerprint density at radius 1 is 1.20 bits per heavy atom. The largest absolute Gasteiger partial charge is 0.446 e. The molecule has 1 saturated carbocycles. The molecule has 0 radical (unpaired) electrons. The number of ether oxygens (including phenoxy) is 2. The van der Waals surface area contributed by atoms with Crippen LogP contribution in [-0.4, -0.2) is 77.7 Å². The number of pyridine rings is 1. The molecule has 0 spiro atoms. The van der Waals surface area contributed by atoms with Crippen molar-refractivity contribution < 1.29 is 19.1 Å². The Bertz CT molecular complexity index is 1420. The summed E-state index contributed by atoms with van der Waals surface area (Å²) >= 11 is 6.40. The van der Waals surface area contributed by atoms with E-state index in [2.05, 4.69) is 28.8 Å². The predicted molar refractivity (Wildman–Crippen MR) is 207 cm³/mol. The molecule has 1 aromatic carbocycles. The number of halogens is 1. The summed E-state index contributed by atoms with van der Waals surface area (Å²) in [5.41, 5.74) is 2.20. The summed E-state index contributed by atoms with van der Waals surface area (Å²) in [6.45, 7) is 20.3. The van der Waals surface area contributed by atoms with Crippen molar-refractivity contribution in [3.63, 3.8) is 0 Å². The second-order valence-electron chi connectivity index (χ2n) is 13.4. The van der Waals surface area contributed by atoms with Crippen molar-refractivity contribution >= 4 is 35.7 Å². The van der Waals surface area contributed by atoms with Crippen LogP contribution in [0.2, 0.25) is 5.02 Å². The van der Waals surface area contributed by atoms with Crippen LogP contribution in [0.1, 0.15) is 104 Å². The minimum Gasteiger partial charge on any atom is -0.446 e. The van der Waals surface area contributed by atoms with Gasteiger partial charge in [0, 0.05) is 56.7 Å². The lowest BCUT2D eigenvalue weighted by atomic mass is 9.81. The lowest BCUT2D eigenvalue weighted by Gasteiger charge is -2.34. The van der Waals surface area contributed by atoms with Crippen molar-refractivity contribution in [2.24, 2.45) is 10.9 Å². The van der Waals surface area contributed by atoms with Crippen LogP contribution >= 0.6 is 11.6 Å². The van der Waals surface area contributed by atoms with Crippen LogP contribution in [0.4, 0.5) is 9.59 Å². The number of aliphatic imine (C=N–C) groups is 1. The summed E-state index contributed by atoms with van der Waals surface area (Å²) in [5.74, 6) is 0.752. The van der Waals surface area contributed by atoms with Gasteiger partial charge in [0.05, 0.1) is 11.9 Å². The topological polar surface area (TPSA) is 96.4 Å². The number of likely N-dealkylation sites (tertiary alicyclic amines) is 1. The number of nitrogens with one attached hydrogen (secondary N) is 1. The molecule has 9 nitrogen and oxygen atoms in total. The van der Waals surface area contributed by atoms with E-state index in [1.165, 1.54) is 0 Å². The number of rotatable bonds is 12. The van der Waals surface area contributed by atoms with Gasteiger partial charge in [0.15, 0.2) is 0 Å². The van der Waals surface area contributed by atoms with Gasteiger partial charge in [-0.25, -0.2) is 14.6 Å². The van der Waals surface area contributed by atoms with E-state index in [4.69, 9.17) is 21.1 Å². The van der Waals surface area contributed by atoms with Crippen molar-refractivity contribution in [1.82, 2.24) is 20.1 Å². The molecule has 1 aromatic heterocycles. The fourth-order valence-electron chi connectivity index (χ4n) is 5.13. The molecule has 1 unspecified atom stereocenters. The van der Waals surface area contributed by atoms with Gasteiger partial charge in [-0.15, -0.1) is 0 Å². The number of carbonyl (C=O) groups excluding carboxylic acids is 2. The van der Waals surface area contributed by atoms with Gasteiger partial charge in [-0.3, -0.25) is 4.98 Å². The van der Waals surface area contributed by atoms with Crippen LogP contribution in [0.5, 0.6) is 0 Å². The van der Waals surface area contributed by atoms with E-state index in [1.54, 1.807) is 18.7 Å².